The number of esters is 1. The highest BCUT2D eigenvalue weighted by molar-refractivity contribution is 5.92. The fourth-order valence-corrected chi connectivity index (χ4v) is 3.20. The van der Waals surface area contributed by atoms with Gasteiger partial charge in [0.25, 0.3) is 0 Å². The van der Waals surface area contributed by atoms with Crippen molar-refractivity contribution in [2.75, 3.05) is 11.9 Å². The van der Waals surface area contributed by atoms with Gasteiger partial charge in [0, 0.05) is 11.9 Å². The molecule has 0 atom stereocenters. The summed E-state index contributed by atoms with van der Waals surface area (Å²) in [5, 5.41) is 2.84. The van der Waals surface area contributed by atoms with E-state index in [1.54, 1.807) is 6.92 Å². The highest BCUT2D eigenvalue weighted by Crippen LogP contribution is 2.35. The molecule has 0 saturated carbocycles. The Morgan fingerprint density at radius 1 is 1.22 bits per heavy atom. The molecule has 0 spiro atoms. The van der Waals surface area contributed by atoms with Gasteiger partial charge >= 0.3 is 12.1 Å². The van der Waals surface area contributed by atoms with E-state index in [0.29, 0.717) is 30.3 Å². The van der Waals surface area contributed by atoms with Crippen LogP contribution >= 0.6 is 0 Å². The molecule has 27 heavy (non-hydrogen) atoms. The molecule has 1 N–H and O–H groups in total. The second-order valence-corrected chi connectivity index (χ2v) is 6.22. The highest BCUT2D eigenvalue weighted by atomic mass is 19.4. The number of anilines is 2. The fraction of sp³-hybridized carbons (Fsp3) is 0.368. The number of fused-ring (bicyclic) bond motifs is 1. The molecule has 0 radical (unpaired) electrons. The number of nitrogens with zero attached hydrogens (tertiary/aromatic N) is 1. The first-order valence-electron chi connectivity index (χ1n) is 8.63. The predicted molar refractivity (Wildman–Crippen MR) is 91.5 cm³/mol. The molecule has 3 rings (SSSR count). The molecule has 1 aromatic carbocycles. The van der Waals surface area contributed by atoms with Crippen LogP contribution in [0.15, 0.2) is 24.4 Å². The molecule has 0 unspecified atom stereocenters. The minimum Gasteiger partial charge on any atom is -0.462 e. The largest absolute Gasteiger partial charge is 0.462 e. The number of alkyl halides is 3. The molecule has 2 aromatic rings. The van der Waals surface area contributed by atoms with Gasteiger partial charge in [-0.05, 0) is 61.9 Å². The van der Waals surface area contributed by atoms with Crippen LogP contribution < -0.4 is 5.32 Å². The number of rotatable bonds is 4. The number of hydrogen-bond acceptors (Lipinski definition) is 4. The third-order valence-electron chi connectivity index (χ3n) is 4.43. The van der Waals surface area contributed by atoms with Crippen molar-refractivity contribution in [3.8, 4) is 0 Å². The van der Waals surface area contributed by atoms with E-state index in [2.05, 4.69) is 10.3 Å². The normalized spacial score (nSPS) is 13.8. The van der Waals surface area contributed by atoms with Gasteiger partial charge in [0.1, 0.15) is 11.6 Å². The molecule has 0 amide bonds. The maximum atomic E-state index is 13.5. The number of aromatic nitrogens is 1. The van der Waals surface area contributed by atoms with E-state index in [9.17, 15) is 22.4 Å². The van der Waals surface area contributed by atoms with Crippen LogP contribution in [-0.4, -0.2) is 17.6 Å². The lowest BCUT2D eigenvalue weighted by Gasteiger charge is -2.22. The summed E-state index contributed by atoms with van der Waals surface area (Å²) >= 11 is 0. The Morgan fingerprint density at radius 3 is 2.59 bits per heavy atom. The second kappa shape index (κ2) is 7.54. The Labute approximate surface area is 153 Å². The molecule has 0 fully saturated rings. The van der Waals surface area contributed by atoms with Gasteiger partial charge in [-0.1, -0.05) is 0 Å². The first-order valence-corrected chi connectivity index (χ1v) is 8.63. The van der Waals surface area contributed by atoms with Crippen molar-refractivity contribution in [2.24, 2.45) is 0 Å². The topological polar surface area (TPSA) is 51.2 Å². The molecule has 0 aliphatic heterocycles. The van der Waals surface area contributed by atoms with E-state index in [4.69, 9.17) is 4.74 Å². The van der Waals surface area contributed by atoms with E-state index in [-0.39, 0.29) is 12.3 Å². The van der Waals surface area contributed by atoms with Crippen molar-refractivity contribution in [2.45, 2.75) is 38.8 Å². The molecule has 144 valence electrons. The van der Waals surface area contributed by atoms with E-state index >= 15 is 0 Å². The van der Waals surface area contributed by atoms with E-state index in [1.165, 1.54) is 12.3 Å². The van der Waals surface area contributed by atoms with Crippen LogP contribution in [-0.2, 0) is 23.8 Å². The third kappa shape index (κ3) is 4.04. The van der Waals surface area contributed by atoms with Gasteiger partial charge in [-0.2, -0.15) is 13.2 Å². The van der Waals surface area contributed by atoms with Crippen LogP contribution in [0.4, 0.5) is 29.1 Å². The van der Waals surface area contributed by atoms with Crippen molar-refractivity contribution in [1.82, 2.24) is 4.98 Å². The molecular weight excluding hydrogens is 364 g/mol. The Balaban J connectivity index is 1.98. The summed E-state index contributed by atoms with van der Waals surface area (Å²) < 4.78 is 57.3. The van der Waals surface area contributed by atoms with Crippen LogP contribution in [0.25, 0.3) is 0 Å². The number of ether oxygens (including phenoxy) is 1. The van der Waals surface area contributed by atoms with Crippen LogP contribution in [0.2, 0.25) is 0 Å². The molecule has 4 nitrogen and oxygen atoms in total. The first kappa shape index (κ1) is 19.1. The third-order valence-corrected chi connectivity index (χ3v) is 4.43. The van der Waals surface area contributed by atoms with Gasteiger partial charge in [-0.25, -0.2) is 14.2 Å². The van der Waals surface area contributed by atoms with Gasteiger partial charge in [0.2, 0.25) is 0 Å². The molecule has 0 saturated heterocycles. The average molecular weight is 382 g/mol. The molecule has 8 heteroatoms. The van der Waals surface area contributed by atoms with Gasteiger partial charge in [0.05, 0.1) is 17.7 Å². The lowest BCUT2D eigenvalue weighted by molar-refractivity contribution is -0.139. The first-order chi connectivity index (χ1) is 12.8. The number of pyridine rings is 1. The molecule has 1 aliphatic rings. The number of halogens is 4. The molecule has 1 aliphatic carbocycles. The quantitative estimate of drug-likeness (QED) is 0.595. The Kier molecular flexibility index (Phi) is 5.34. The predicted octanol–water partition coefficient (Wildman–Crippen LogP) is 5.04. The van der Waals surface area contributed by atoms with Crippen molar-refractivity contribution >= 4 is 17.5 Å². The van der Waals surface area contributed by atoms with Crippen LogP contribution in [0.3, 0.4) is 0 Å². The number of hydrogen-bond donors (Lipinski definition) is 1. The standard InChI is InChI=1S/C19H18F4N2O2/c1-2-27-18(26)14-10-24-17(13-6-4-3-5-12(13)14)25-11-7-8-16(20)15(9-11)19(21,22)23/h7-10H,2-6H2,1H3,(H,24,25). The van der Waals surface area contributed by atoms with Gasteiger partial charge in [0.15, 0.2) is 0 Å². The van der Waals surface area contributed by atoms with Crippen molar-refractivity contribution in [1.29, 1.82) is 0 Å². The van der Waals surface area contributed by atoms with Gasteiger partial charge in [-0.3, -0.25) is 0 Å². The summed E-state index contributed by atoms with van der Waals surface area (Å²) in [6.45, 7) is 1.95. The average Bonchev–Trinajstić information content (AvgIpc) is 2.62. The summed E-state index contributed by atoms with van der Waals surface area (Å²) in [5.41, 5.74) is 0.699. The molecule has 1 heterocycles. The SMILES string of the molecule is CCOC(=O)c1cnc(Nc2ccc(F)c(C(F)(F)F)c2)c2c1CCCC2. The second-order valence-electron chi connectivity index (χ2n) is 6.22. The zero-order valence-electron chi connectivity index (χ0n) is 14.6. The molecule has 0 bridgehead atoms. The van der Waals surface area contributed by atoms with Gasteiger partial charge in [-0.15, -0.1) is 0 Å². The number of benzene rings is 1. The fourth-order valence-electron chi connectivity index (χ4n) is 3.20. The van der Waals surface area contributed by atoms with Crippen LogP contribution in [0, 0.1) is 5.82 Å². The summed E-state index contributed by atoms with van der Waals surface area (Å²) in [5.74, 6) is -1.42. The van der Waals surface area contributed by atoms with Crippen molar-refractivity contribution < 1.29 is 27.1 Å². The summed E-state index contributed by atoms with van der Waals surface area (Å²) in [6.07, 6.45) is -0.325. The lowest BCUT2D eigenvalue weighted by Crippen LogP contribution is -2.16. The monoisotopic (exact) mass is 382 g/mol. The van der Waals surface area contributed by atoms with Crippen molar-refractivity contribution in [3.05, 3.63) is 52.5 Å². The number of carbonyl (C=O) groups excluding carboxylic acids is 1. The van der Waals surface area contributed by atoms with E-state index in [0.717, 1.165) is 30.0 Å². The van der Waals surface area contributed by atoms with E-state index in [1.807, 2.05) is 0 Å². The minimum absolute atomic E-state index is 0.0767. The maximum Gasteiger partial charge on any atom is 0.419 e. The molecular formula is C19H18F4N2O2. The van der Waals surface area contributed by atoms with Crippen LogP contribution in [0.5, 0.6) is 0 Å². The highest BCUT2D eigenvalue weighted by Gasteiger charge is 2.34. The molecule has 1 aromatic heterocycles. The zero-order chi connectivity index (χ0) is 19.6. The Hall–Kier alpha value is -2.64. The smallest absolute Gasteiger partial charge is 0.419 e. The zero-order valence-corrected chi connectivity index (χ0v) is 14.6. The lowest BCUT2D eigenvalue weighted by atomic mass is 9.89. The summed E-state index contributed by atoms with van der Waals surface area (Å²) in [6, 6.07) is 2.71. The Bertz CT molecular complexity index is 866. The van der Waals surface area contributed by atoms with Crippen LogP contribution in [0.1, 0.15) is 46.8 Å². The van der Waals surface area contributed by atoms with Gasteiger partial charge < -0.3 is 10.1 Å². The Morgan fingerprint density at radius 2 is 1.93 bits per heavy atom. The summed E-state index contributed by atoms with van der Waals surface area (Å²) in [7, 11) is 0. The van der Waals surface area contributed by atoms with E-state index < -0.39 is 23.5 Å². The summed E-state index contributed by atoms with van der Waals surface area (Å²) in [4.78, 5) is 16.3. The maximum absolute atomic E-state index is 13.5. The minimum atomic E-state index is -4.79. The van der Waals surface area contributed by atoms with Crippen molar-refractivity contribution in [3.63, 3.8) is 0 Å². The number of nitrogens with one attached hydrogen (secondary N) is 1. The number of carbonyl (C=O) groups is 1.